The zero-order chi connectivity index (χ0) is 13.8. The first-order valence-electron chi connectivity index (χ1n) is 5.13. The van der Waals surface area contributed by atoms with Crippen LogP contribution in [0.3, 0.4) is 0 Å². The molecule has 0 aliphatic carbocycles. The quantitative estimate of drug-likeness (QED) is 0.666. The molecule has 19 heavy (non-hydrogen) atoms. The van der Waals surface area contributed by atoms with Crippen LogP contribution in [0.15, 0.2) is 30.5 Å². The van der Waals surface area contributed by atoms with E-state index in [0.717, 1.165) is 17.5 Å². The van der Waals surface area contributed by atoms with Crippen LogP contribution in [0.1, 0.15) is 5.56 Å². The predicted molar refractivity (Wildman–Crippen MR) is 66.6 cm³/mol. The van der Waals surface area contributed by atoms with Gasteiger partial charge in [-0.25, -0.2) is 4.98 Å². The minimum atomic E-state index is -0.913. The van der Waals surface area contributed by atoms with Crippen LogP contribution >= 0.6 is 11.3 Å². The maximum Gasteiger partial charge on any atom is 0.347 e. The van der Waals surface area contributed by atoms with Crippen LogP contribution in [0.5, 0.6) is 10.9 Å². The molecule has 0 radical (unpaired) electrons. The van der Waals surface area contributed by atoms with Gasteiger partial charge in [0.25, 0.3) is 5.19 Å². The Balaban J connectivity index is 2.06. The lowest BCUT2D eigenvalue weighted by atomic mass is 10.1. The SMILES string of the molecule is O=C(O)Cc1ccc(Oc2ncc([N+](=O)[O-])s2)cc1. The maximum atomic E-state index is 10.5. The number of carbonyl (C=O) groups is 1. The number of rotatable bonds is 5. The van der Waals surface area contributed by atoms with E-state index in [1.807, 2.05) is 0 Å². The van der Waals surface area contributed by atoms with Crippen LogP contribution in [-0.4, -0.2) is 21.0 Å². The highest BCUT2D eigenvalue weighted by atomic mass is 32.1. The van der Waals surface area contributed by atoms with E-state index in [1.54, 1.807) is 24.3 Å². The number of ether oxygens (including phenoxy) is 1. The van der Waals surface area contributed by atoms with Crippen molar-refractivity contribution in [1.29, 1.82) is 0 Å². The highest BCUT2D eigenvalue weighted by molar-refractivity contribution is 7.16. The van der Waals surface area contributed by atoms with Gasteiger partial charge in [0.2, 0.25) is 0 Å². The summed E-state index contributed by atoms with van der Waals surface area (Å²) in [7, 11) is 0. The largest absolute Gasteiger partial charge is 0.481 e. The summed E-state index contributed by atoms with van der Waals surface area (Å²) < 4.78 is 5.32. The molecule has 0 aliphatic rings. The molecule has 0 atom stereocenters. The van der Waals surface area contributed by atoms with Crippen molar-refractivity contribution in [1.82, 2.24) is 4.98 Å². The molecule has 1 aromatic heterocycles. The number of nitro groups is 1. The third-order valence-electron chi connectivity index (χ3n) is 2.14. The van der Waals surface area contributed by atoms with Gasteiger partial charge in [0.15, 0.2) is 0 Å². The number of hydrogen-bond donors (Lipinski definition) is 1. The molecule has 0 fully saturated rings. The Bertz CT molecular complexity index is 608. The van der Waals surface area contributed by atoms with E-state index in [2.05, 4.69) is 4.98 Å². The van der Waals surface area contributed by atoms with Gasteiger partial charge >= 0.3 is 11.0 Å². The molecule has 2 rings (SSSR count). The van der Waals surface area contributed by atoms with Crippen LogP contribution in [0.4, 0.5) is 5.00 Å². The Morgan fingerprint density at radius 2 is 2.11 bits per heavy atom. The van der Waals surface area contributed by atoms with Gasteiger partial charge in [0.1, 0.15) is 11.9 Å². The topological polar surface area (TPSA) is 103 Å². The summed E-state index contributed by atoms with van der Waals surface area (Å²) in [4.78, 5) is 24.2. The van der Waals surface area contributed by atoms with Gasteiger partial charge in [-0.05, 0) is 29.0 Å². The molecule has 8 heteroatoms. The van der Waals surface area contributed by atoms with Gasteiger partial charge in [0, 0.05) is 0 Å². The highest BCUT2D eigenvalue weighted by Gasteiger charge is 2.12. The molecule has 0 bridgehead atoms. The molecule has 1 N–H and O–H groups in total. The Hall–Kier alpha value is -2.48. The van der Waals surface area contributed by atoms with Crippen molar-refractivity contribution in [3.63, 3.8) is 0 Å². The van der Waals surface area contributed by atoms with Crippen molar-refractivity contribution in [2.75, 3.05) is 0 Å². The first-order valence-corrected chi connectivity index (χ1v) is 5.95. The highest BCUT2D eigenvalue weighted by Crippen LogP contribution is 2.30. The molecule has 98 valence electrons. The van der Waals surface area contributed by atoms with E-state index in [4.69, 9.17) is 9.84 Å². The van der Waals surface area contributed by atoms with Gasteiger partial charge < -0.3 is 9.84 Å². The van der Waals surface area contributed by atoms with E-state index >= 15 is 0 Å². The number of aromatic nitrogens is 1. The Morgan fingerprint density at radius 3 is 2.63 bits per heavy atom. The lowest BCUT2D eigenvalue weighted by Crippen LogP contribution is -1.99. The second-order valence-corrected chi connectivity index (χ2v) is 4.51. The van der Waals surface area contributed by atoms with Crippen molar-refractivity contribution < 1.29 is 19.6 Å². The number of benzene rings is 1. The van der Waals surface area contributed by atoms with Crippen molar-refractivity contribution in [3.05, 3.63) is 46.1 Å². The second kappa shape index (κ2) is 5.44. The van der Waals surface area contributed by atoms with E-state index in [0.29, 0.717) is 11.3 Å². The van der Waals surface area contributed by atoms with Crippen LogP contribution in [0.25, 0.3) is 0 Å². The van der Waals surface area contributed by atoms with Gasteiger partial charge in [-0.15, -0.1) is 0 Å². The van der Waals surface area contributed by atoms with Gasteiger partial charge in [-0.2, -0.15) is 0 Å². The minimum absolute atomic E-state index is 0.0665. The number of hydrogen-bond acceptors (Lipinski definition) is 6. The molecule has 0 saturated carbocycles. The fourth-order valence-electron chi connectivity index (χ4n) is 1.33. The normalized spacial score (nSPS) is 10.1. The molecule has 0 aliphatic heterocycles. The summed E-state index contributed by atoms with van der Waals surface area (Å²) in [5, 5.41) is 19.2. The van der Waals surface area contributed by atoms with E-state index < -0.39 is 10.9 Å². The fraction of sp³-hybridized carbons (Fsp3) is 0.0909. The molecule has 0 spiro atoms. The average Bonchev–Trinajstić information content (AvgIpc) is 2.80. The summed E-state index contributed by atoms with van der Waals surface area (Å²) in [6.07, 6.45) is 1.06. The Labute approximate surface area is 111 Å². The first-order chi connectivity index (χ1) is 9.04. The lowest BCUT2D eigenvalue weighted by Gasteiger charge is -2.02. The van der Waals surface area contributed by atoms with E-state index in [-0.39, 0.29) is 16.6 Å². The zero-order valence-electron chi connectivity index (χ0n) is 9.48. The molecular weight excluding hydrogens is 272 g/mol. The summed E-state index contributed by atoms with van der Waals surface area (Å²) in [5.41, 5.74) is 0.643. The number of carboxylic acid groups (broad SMARTS) is 1. The minimum Gasteiger partial charge on any atom is -0.481 e. The molecule has 0 unspecified atom stereocenters. The maximum absolute atomic E-state index is 10.5. The first kappa shape index (κ1) is 13.0. The fourth-order valence-corrected chi connectivity index (χ4v) is 1.93. The number of nitrogens with zero attached hydrogens (tertiary/aromatic N) is 2. The molecule has 0 amide bonds. The van der Waals surface area contributed by atoms with Gasteiger partial charge in [-0.3, -0.25) is 14.9 Å². The molecule has 1 heterocycles. The van der Waals surface area contributed by atoms with Crippen LogP contribution in [-0.2, 0) is 11.2 Å². The van der Waals surface area contributed by atoms with Crippen LogP contribution < -0.4 is 4.74 Å². The van der Waals surface area contributed by atoms with Crippen LogP contribution in [0, 0.1) is 10.1 Å². The monoisotopic (exact) mass is 280 g/mol. The molecule has 0 saturated heterocycles. The standard InChI is InChI=1S/C11H8N2O5S/c14-10(15)5-7-1-3-8(4-2-7)18-11-12-6-9(19-11)13(16)17/h1-4,6H,5H2,(H,14,15). The Kier molecular flexibility index (Phi) is 3.71. The predicted octanol–water partition coefficient (Wildman–Crippen LogP) is 2.47. The number of aliphatic carboxylic acids is 1. The van der Waals surface area contributed by atoms with Crippen molar-refractivity contribution in [2.24, 2.45) is 0 Å². The van der Waals surface area contributed by atoms with E-state index in [9.17, 15) is 14.9 Å². The number of carboxylic acids is 1. The van der Waals surface area contributed by atoms with Crippen molar-refractivity contribution >= 4 is 22.3 Å². The zero-order valence-corrected chi connectivity index (χ0v) is 10.3. The van der Waals surface area contributed by atoms with Gasteiger partial charge in [0.05, 0.1) is 11.3 Å². The third-order valence-corrected chi connectivity index (χ3v) is 2.96. The summed E-state index contributed by atoms with van der Waals surface area (Å²) in [6, 6.07) is 6.41. The molecule has 1 aromatic carbocycles. The summed E-state index contributed by atoms with van der Waals surface area (Å²) in [5.74, 6) is -0.470. The Morgan fingerprint density at radius 1 is 1.42 bits per heavy atom. The van der Waals surface area contributed by atoms with Crippen molar-refractivity contribution in [2.45, 2.75) is 6.42 Å². The van der Waals surface area contributed by atoms with Crippen molar-refractivity contribution in [3.8, 4) is 10.9 Å². The van der Waals surface area contributed by atoms with E-state index in [1.165, 1.54) is 0 Å². The smallest absolute Gasteiger partial charge is 0.347 e. The molecule has 7 nitrogen and oxygen atoms in total. The third kappa shape index (κ3) is 3.49. The van der Waals surface area contributed by atoms with Crippen LogP contribution in [0.2, 0.25) is 0 Å². The van der Waals surface area contributed by atoms with Gasteiger partial charge in [-0.1, -0.05) is 12.1 Å². The summed E-state index contributed by atoms with van der Waals surface area (Å²) >= 11 is 0.824. The second-order valence-electron chi connectivity index (χ2n) is 3.54. The molecular formula is C11H8N2O5S. The lowest BCUT2D eigenvalue weighted by molar-refractivity contribution is -0.380. The summed E-state index contributed by atoms with van der Waals surface area (Å²) in [6.45, 7) is 0. The number of thiazole rings is 1. The molecule has 2 aromatic rings. The average molecular weight is 280 g/mol.